The first-order valence-corrected chi connectivity index (χ1v) is 13.3. The third-order valence-electron chi connectivity index (χ3n) is 4.70. The SMILES string of the molecule is CCCCP(C)(C)(CCCC)C(C)CCC.O=P(O)(O)O. The van der Waals surface area contributed by atoms with Gasteiger partial charge in [0, 0.05) is 0 Å². The van der Waals surface area contributed by atoms with E-state index in [4.69, 9.17) is 19.2 Å². The normalized spacial score (nSPS) is 15.6. The molecule has 1 unspecified atom stereocenters. The van der Waals surface area contributed by atoms with Gasteiger partial charge in [0.25, 0.3) is 0 Å². The Labute approximate surface area is 131 Å². The largest absolute Gasteiger partial charge is 0.466 e. The van der Waals surface area contributed by atoms with E-state index in [1.165, 1.54) is 50.8 Å². The minimum Gasteiger partial charge on any atom is -0.303 e. The molecule has 0 amide bonds. The van der Waals surface area contributed by atoms with Crippen molar-refractivity contribution in [3.05, 3.63) is 0 Å². The van der Waals surface area contributed by atoms with Gasteiger partial charge < -0.3 is 14.7 Å². The van der Waals surface area contributed by atoms with Gasteiger partial charge in [-0.1, -0.05) is 0 Å². The first kappa shape index (κ1) is 23.8. The van der Waals surface area contributed by atoms with E-state index in [0.717, 1.165) is 5.66 Å². The average Bonchev–Trinajstić information content (AvgIpc) is 2.33. The maximum atomic E-state index is 8.88. The Hall–Kier alpha value is 0.540. The average molecular weight is 344 g/mol. The van der Waals surface area contributed by atoms with E-state index >= 15 is 0 Å². The molecule has 0 aromatic heterocycles. The van der Waals surface area contributed by atoms with Gasteiger partial charge in [-0.2, -0.15) is 0 Å². The number of unbranched alkanes of at least 4 members (excludes halogenated alkanes) is 2. The molecule has 0 aliphatic heterocycles. The fourth-order valence-corrected chi connectivity index (χ4v) is 7.72. The van der Waals surface area contributed by atoms with E-state index in [-0.39, 0.29) is 0 Å². The van der Waals surface area contributed by atoms with Crippen molar-refractivity contribution in [2.45, 2.75) is 71.9 Å². The molecule has 0 saturated heterocycles. The van der Waals surface area contributed by atoms with Gasteiger partial charge in [0.2, 0.25) is 0 Å². The predicted molar refractivity (Wildman–Crippen MR) is 97.0 cm³/mol. The van der Waals surface area contributed by atoms with Crippen LogP contribution in [0.3, 0.4) is 0 Å². The standard InChI is InChI=1S/C15H35P.H3O4P/c1-7-10-13-16(5,6,14-11-8-2)15(4)12-9-3;1-5(2,3)4/h15H,7-14H2,1-6H3;(H3,1,2,3,4). The summed E-state index contributed by atoms with van der Waals surface area (Å²) in [5.74, 6) is 0. The van der Waals surface area contributed by atoms with Gasteiger partial charge in [-0.05, 0) is 0 Å². The summed E-state index contributed by atoms with van der Waals surface area (Å²) in [4.78, 5) is 21.6. The molecule has 0 saturated carbocycles. The zero-order valence-electron chi connectivity index (χ0n) is 14.9. The van der Waals surface area contributed by atoms with Crippen molar-refractivity contribution in [3.63, 3.8) is 0 Å². The number of hydrogen-bond donors (Lipinski definition) is 3. The Morgan fingerprint density at radius 1 is 0.905 bits per heavy atom. The van der Waals surface area contributed by atoms with E-state index in [9.17, 15) is 0 Å². The van der Waals surface area contributed by atoms with Gasteiger partial charge in [-0.3, -0.25) is 0 Å². The second-order valence-corrected chi connectivity index (χ2v) is 15.6. The van der Waals surface area contributed by atoms with Crippen molar-refractivity contribution < 1.29 is 19.2 Å². The van der Waals surface area contributed by atoms with Crippen LogP contribution >= 0.6 is 14.4 Å². The van der Waals surface area contributed by atoms with Crippen LogP contribution in [0.25, 0.3) is 0 Å². The van der Waals surface area contributed by atoms with E-state index in [1.807, 2.05) is 0 Å². The van der Waals surface area contributed by atoms with E-state index < -0.39 is 14.4 Å². The zero-order valence-corrected chi connectivity index (χ0v) is 16.7. The van der Waals surface area contributed by atoms with Gasteiger partial charge >= 0.3 is 112 Å². The second kappa shape index (κ2) is 10.3. The van der Waals surface area contributed by atoms with Crippen molar-refractivity contribution in [1.82, 2.24) is 0 Å². The van der Waals surface area contributed by atoms with Crippen molar-refractivity contribution in [1.29, 1.82) is 0 Å². The molecular weight excluding hydrogens is 306 g/mol. The Kier molecular flexibility index (Phi) is 11.7. The summed E-state index contributed by atoms with van der Waals surface area (Å²) in [6.45, 7) is 13.5. The molecule has 0 radical (unpaired) electrons. The quantitative estimate of drug-likeness (QED) is 0.532. The Morgan fingerprint density at radius 2 is 1.24 bits per heavy atom. The van der Waals surface area contributed by atoms with E-state index in [0.29, 0.717) is 0 Å². The topological polar surface area (TPSA) is 77.8 Å². The molecule has 4 nitrogen and oxygen atoms in total. The first-order valence-electron chi connectivity index (χ1n) is 8.17. The van der Waals surface area contributed by atoms with Crippen LogP contribution in [-0.4, -0.2) is 46.0 Å². The molecule has 1 atom stereocenters. The van der Waals surface area contributed by atoms with Crippen LogP contribution in [0.4, 0.5) is 0 Å². The Balaban J connectivity index is 0. The van der Waals surface area contributed by atoms with Crippen molar-refractivity contribution >= 4 is 14.4 Å². The minimum atomic E-state index is -4.64. The molecule has 3 N–H and O–H groups in total. The molecule has 0 aliphatic carbocycles. The summed E-state index contributed by atoms with van der Waals surface area (Å²) in [6, 6.07) is 0. The molecule has 0 aromatic rings. The molecule has 0 bridgehead atoms. The third-order valence-corrected chi connectivity index (χ3v) is 11.5. The fourth-order valence-electron chi connectivity index (χ4n) is 2.77. The minimum absolute atomic E-state index is 0.981. The third kappa shape index (κ3) is 12.7. The fraction of sp³-hybridized carbons (Fsp3) is 1.00. The molecule has 21 heavy (non-hydrogen) atoms. The summed E-state index contributed by atoms with van der Waals surface area (Å²) in [5.41, 5.74) is 0.981. The summed E-state index contributed by atoms with van der Waals surface area (Å²) < 4.78 is 8.88. The monoisotopic (exact) mass is 344 g/mol. The van der Waals surface area contributed by atoms with E-state index in [1.54, 1.807) is 0 Å². The predicted octanol–water partition coefficient (Wildman–Crippen LogP) is 4.66. The molecule has 0 rings (SSSR count). The molecule has 132 valence electrons. The van der Waals surface area contributed by atoms with Crippen LogP contribution in [-0.2, 0) is 4.57 Å². The molecule has 0 aliphatic rings. The van der Waals surface area contributed by atoms with Crippen LogP contribution in [0.5, 0.6) is 0 Å². The smallest absolute Gasteiger partial charge is 0.303 e. The molecule has 0 spiro atoms. The zero-order chi connectivity index (χ0) is 17.2. The molecule has 0 aromatic carbocycles. The maximum absolute atomic E-state index is 8.88. The van der Waals surface area contributed by atoms with E-state index in [2.05, 4.69) is 41.0 Å². The van der Waals surface area contributed by atoms with Crippen molar-refractivity contribution in [2.24, 2.45) is 0 Å². The number of phosphoric acid groups is 1. The van der Waals surface area contributed by atoms with Crippen LogP contribution in [0.15, 0.2) is 0 Å². The van der Waals surface area contributed by atoms with Gasteiger partial charge in [-0.25, -0.2) is 4.57 Å². The second-order valence-electron chi connectivity index (χ2n) is 7.12. The molecule has 0 heterocycles. The summed E-state index contributed by atoms with van der Waals surface area (Å²) in [6.07, 6.45) is 11.5. The van der Waals surface area contributed by atoms with Crippen LogP contribution in [0.1, 0.15) is 66.2 Å². The summed E-state index contributed by atoms with van der Waals surface area (Å²) >= 11 is 0. The number of rotatable bonds is 9. The Bertz CT molecular complexity index is 293. The van der Waals surface area contributed by atoms with Gasteiger partial charge in [-0.15, -0.1) is 0 Å². The summed E-state index contributed by atoms with van der Waals surface area (Å²) in [7, 11) is -4.64. The van der Waals surface area contributed by atoms with Crippen molar-refractivity contribution in [3.8, 4) is 0 Å². The molecular formula is C15H38O4P2. The molecule has 0 fully saturated rings. The molecule has 6 heteroatoms. The Morgan fingerprint density at radius 3 is 1.48 bits per heavy atom. The van der Waals surface area contributed by atoms with Gasteiger partial charge in [0.05, 0.1) is 0 Å². The van der Waals surface area contributed by atoms with Crippen LogP contribution in [0.2, 0.25) is 0 Å². The maximum Gasteiger partial charge on any atom is 0.466 e. The summed E-state index contributed by atoms with van der Waals surface area (Å²) in [5, 5.41) is 0. The number of hydrogen-bond acceptors (Lipinski definition) is 1. The van der Waals surface area contributed by atoms with Crippen molar-refractivity contribution in [2.75, 3.05) is 25.7 Å². The van der Waals surface area contributed by atoms with Crippen LogP contribution < -0.4 is 0 Å². The van der Waals surface area contributed by atoms with Crippen LogP contribution in [0, 0.1) is 0 Å². The van der Waals surface area contributed by atoms with Gasteiger partial charge in [0.1, 0.15) is 0 Å². The van der Waals surface area contributed by atoms with Gasteiger partial charge in [0.15, 0.2) is 0 Å². The first-order chi connectivity index (χ1) is 9.39.